The molecular weight excluding hydrogens is 628 g/mol. The van der Waals surface area contributed by atoms with Crippen molar-refractivity contribution in [2.75, 3.05) is 39.3 Å². The summed E-state index contributed by atoms with van der Waals surface area (Å²) in [6, 6.07) is 23.4. The Balaban J connectivity index is 1.17. The molecule has 2 fully saturated rings. The minimum atomic E-state index is 0.410. The Morgan fingerprint density at radius 2 is 1.29 bits per heavy atom. The molecule has 0 radical (unpaired) electrons. The van der Waals surface area contributed by atoms with Crippen molar-refractivity contribution in [3.63, 3.8) is 0 Å². The molecule has 49 heavy (non-hydrogen) atoms. The standard InChI is InChI=1S/C43H53ClN2O3/c1-31-17-18-35(25-32(31)2)29-48-42-27-43(40(44)26-37(42)28-46-21-6-5-7-22-46)49-30-36-13-10-14-38(33(36)3)39-15-11-16-41(34(39)4)47-24-12-23-45-19-8-9-20-45/h10-11,13-18,25-27H,5-9,12,19-24,28-30H2,1-4H3. The number of hydrogen-bond acceptors (Lipinski definition) is 5. The van der Waals surface area contributed by atoms with E-state index in [2.05, 4.69) is 92.1 Å². The van der Waals surface area contributed by atoms with Crippen LogP contribution in [0, 0.1) is 27.7 Å². The van der Waals surface area contributed by atoms with E-state index in [-0.39, 0.29) is 0 Å². The van der Waals surface area contributed by atoms with Gasteiger partial charge in [-0.2, -0.15) is 0 Å². The third-order valence-corrected chi connectivity index (χ3v) is 10.7. The highest BCUT2D eigenvalue weighted by atomic mass is 35.5. The summed E-state index contributed by atoms with van der Waals surface area (Å²) >= 11 is 6.92. The fourth-order valence-corrected chi connectivity index (χ4v) is 7.42. The first-order chi connectivity index (χ1) is 23.9. The van der Waals surface area contributed by atoms with Gasteiger partial charge in [-0.05, 0) is 143 Å². The Morgan fingerprint density at radius 1 is 0.592 bits per heavy atom. The normalized spacial score (nSPS) is 15.4. The number of rotatable bonds is 14. The number of benzene rings is 4. The number of piperidine rings is 1. The summed E-state index contributed by atoms with van der Waals surface area (Å²) in [5.41, 5.74) is 10.7. The Kier molecular flexibility index (Phi) is 12.2. The fourth-order valence-electron chi connectivity index (χ4n) is 7.18. The molecule has 0 amide bonds. The van der Waals surface area contributed by atoms with Crippen molar-refractivity contribution in [3.8, 4) is 28.4 Å². The van der Waals surface area contributed by atoms with Crippen LogP contribution in [0.25, 0.3) is 11.1 Å². The Morgan fingerprint density at radius 3 is 2.06 bits per heavy atom. The number of halogens is 1. The van der Waals surface area contributed by atoms with Crippen molar-refractivity contribution in [1.82, 2.24) is 9.80 Å². The Labute approximate surface area is 299 Å². The first-order valence-electron chi connectivity index (χ1n) is 18.3. The zero-order valence-electron chi connectivity index (χ0n) is 30.0. The van der Waals surface area contributed by atoms with Gasteiger partial charge in [-0.1, -0.05) is 66.6 Å². The molecule has 0 aromatic heterocycles. The average molecular weight is 681 g/mol. The fraction of sp³-hybridized carbons (Fsp3) is 0.442. The molecule has 0 aliphatic carbocycles. The summed E-state index contributed by atoms with van der Waals surface area (Å²) in [6.07, 6.45) is 7.48. The molecule has 0 atom stereocenters. The minimum Gasteiger partial charge on any atom is -0.493 e. The Hall–Kier alpha value is -3.51. The smallest absolute Gasteiger partial charge is 0.142 e. The number of ether oxygens (including phenoxy) is 3. The van der Waals surface area contributed by atoms with E-state index in [0.717, 1.165) is 67.4 Å². The first kappa shape index (κ1) is 35.3. The lowest BCUT2D eigenvalue weighted by molar-refractivity contribution is 0.214. The molecule has 0 bridgehead atoms. The van der Waals surface area contributed by atoms with Crippen LogP contribution in [0.4, 0.5) is 0 Å². The van der Waals surface area contributed by atoms with Crippen molar-refractivity contribution >= 4 is 11.6 Å². The highest BCUT2D eigenvalue weighted by Gasteiger charge is 2.18. The van der Waals surface area contributed by atoms with Gasteiger partial charge >= 0.3 is 0 Å². The van der Waals surface area contributed by atoms with Crippen LogP contribution in [0.15, 0.2) is 66.7 Å². The minimum absolute atomic E-state index is 0.410. The van der Waals surface area contributed by atoms with Crippen molar-refractivity contribution in [2.45, 2.75) is 86.0 Å². The van der Waals surface area contributed by atoms with E-state index in [1.54, 1.807) is 0 Å². The van der Waals surface area contributed by atoms with Gasteiger partial charge in [-0.3, -0.25) is 4.90 Å². The lowest BCUT2D eigenvalue weighted by atomic mass is 9.93. The van der Waals surface area contributed by atoms with E-state index in [1.807, 2.05) is 12.1 Å². The molecule has 4 aromatic rings. The van der Waals surface area contributed by atoms with Gasteiger partial charge in [0.15, 0.2) is 0 Å². The lowest BCUT2D eigenvalue weighted by Crippen LogP contribution is -2.29. The van der Waals surface area contributed by atoms with E-state index in [1.165, 1.54) is 78.6 Å². The van der Waals surface area contributed by atoms with Gasteiger partial charge < -0.3 is 19.1 Å². The van der Waals surface area contributed by atoms with Crippen LogP contribution in [-0.4, -0.2) is 49.1 Å². The van der Waals surface area contributed by atoms with Crippen molar-refractivity contribution in [1.29, 1.82) is 0 Å². The van der Waals surface area contributed by atoms with Crippen molar-refractivity contribution in [2.24, 2.45) is 0 Å². The van der Waals surface area contributed by atoms with Crippen LogP contribution in [0.1, 0.15) is 77.5 Å². The van der Waals surface area contributed by atoms with Gasteiger partial charge in [0, 0.05) is 24.7 Å². The first-order valence-corrected chi connectivity index (χ1v) is 18.6. The van der Waals surface area contributed by atoms with Crippen LogP contribution in [0.3, 0.4) is 0 Å². The third-order valence-electron chi connectivity index (χ3n) is 10.4. The molecule has 260 valence electrons. The number of nitrogens with zero attached hydrogens (tertiary/aromatic N) is 2. The lowest BCUT2D eigenvalue weighted by Gasteiger charge is -2.27. The molecule has 5 nitrogen and oxygen atoms in total. The molecule has 6 rings (SSSR count). The van der Waals surface area contributed by atoms with Gasteiger partial charge in [0.2, 0.25) is 0 Å². The Bertz CT molecular complexity index is 1710. The topological polar surface area (TPSA) is 34.2 Å². The molecule has 2 heterocycles. The predicted octanol–water partition coefficient (Wildman–Crippen LogP) is 10.2. The second-order valence-electron chi connectivity index (χ2n) is 14.0. The molecule has 0 saturated carbocycles. The monoisotopic (exact) mass is 680 g/mol. The van der Waals surface area contributed by atoms with Crippen LogP contribution in [0.5, 0.6) is 17.2 Å². The maximum absolute atomic E-state index is 6.92. The molecule has 0 unspecified atom stereocenters. The average Bonchev–Trinajstić information content (AvgIpc) is 3.63. The molecule has 2 aliphatic rings. The summed E-state index contributed by atoms with van der Waals surface area (Å²) in [5, 5.41) is 0.616. The highest BCUT2D eigenvalue weighted by molar-refractivity contribution is 6.32. The van der Waals surface area contributed by atoms with Gasteiger partial charge in [-0.15, -0.1) is 0 Å². The van der Waals surface area contributed by atoms with Crippen LogP contribution in [0.2, 0.25) is 5.02 Å². The molecule has 0 N–H and O–H groups in total. The summed E-state index contributed by atoms with van der Waals surface area (Å²) < 4.78 is 19.3. The van der Waals surface area contributed by atoms with Crippen molar-refractivity contribution in [3.05, 3.63) is 111 Å². The van der Waals surface area contributed by atoms with Crippen LogP contribution < -0.4 is 14.2 Å². The predicted molar refractivity (Wildman–Crippen MR) is 202 cm³/mol. The maximum atomic E-state index is 6.92. The molecule has 2 aliphatic heterocycles. The van der Waals surface area contributed by atoms with Gasteiger partial charge in [0.05, 0.1) is 11.6 Å². The molecule has 0 spiro atoms. The van der Waals surface area contributed by atoms with E-state index in [0.29, 0.717) is 24.0 Å². The number of likely N-dealkylation sites (tertiary alicyclic amines) is 2. The molecule has 4 aromatic carbocycles. The van der Waals surface area contributed by atoms with Gasteiger partial charge in [0.1, 0.15) is 30.5 Å². The zero-order chi connectivity index (χ0) is 34.2. The molecule has 2 saturated heterocycles. The van der Waals surface area contributed by atoms with E-state index >= 15 is 0 Å². The quantitative estimate of drug-likeness (QED) is 0.124. The number of hydrogen-bond donors (Lipinski definition) is 0. The van der Waals surface area contributed by atoms with E-state index < -0.39 is 0 Å². The summed E-state index contributed by atoms with van der Waals surface area (Å²) in [7, 11) is 0. The van der Waals surface area contributed by atoms with Gasteiger partial charge in [-0.25, -0.2) is 0 Å². The largest absolute Gasteiger partial charge is 0.493 e. The highest BCUT2D eigenvalue weighted by Crippen LogP contribution is 2.37. The SMILES string of the molecule is Cc1ccc(COc2cc(OCc3cccc(-c4cccc(OCCCN5CCCC5)c4C)c3C)c(Cl)cc2CN2CCCCC2)cc1C. The summed E-state index contributed by atoms with van der Waals surface area (Å²) in [5.74, 6) is 2.44. The maximum Gasteiger partial charge on any atom is 0.142 e. The summed E-state index contributed by atoms with van der Waals surface area (Å²) in [6.45, 7) is 16.9. The molecular formula is C43H53ClN2O3. The third kappa shape index (κ3) is 9.19. The van der Waals surface area contributed by atoms with Crippen LogP contribution >= 0.6 is 11.6 Å². The van der Waals surface area contributed by atoms with Gasteiger partial charge in [0.25, 0.3) is 0 Å². The second kappa shape index (κ2) is 16.9. The summed E-state index contributed by atoms with van der Waals surface area (Å²) in [4.78, 5) is 5.05. The van der Waals surface area contributed by atoms with Crippen LogP contribution in [-0.2, 0) is 19.8 Å². The van der Waals surface area contributed by atoms with Crippen molar-refractivity contribution < 1.29 is 14.2 Å². The zero-order valence-corrected chi connectivity index (χ0v) is 30.7. The van der Waals surface area contributed by atoms with E-state index in [9.17, 15) is 0 Å². The molecule has 6 heteroatoms. The second-order valence-corrected chi connectivity index (χ2v) is 14.4. The van der Waals surface area contributed by atoms with E-state index in [4.69, 9.17) is 25.8 Å². The number of aryl methyl sites for hydroxylation is 2.